The molecule has 1 aromatic carbocycles. The SMILES string of the molecule is COCC(=O)N[C@H]1c2ccccc2C[C@@H]1O. The van der Waals surface area contributed by atoms with Crippen LogP contribution < -0.4 is 5.32 Å². The summed E-state index contributed by atoms with van der Waals surface area (Å²) in [7, 11) is 1.47. The molecule has 4 nitrogen and oxygen atoms in total. The predicted molar refractivity (Wildman–Crippen MR) is 58.9 cm³/mol. The minimum Gasteiger partial charge on any atom is -0.390 e. The van der Waals surface area contributed by atoms with E-state index < -0.39 is 6.10 Å². The molecule has 2 rings (SSSR count). The van der Waals surface area contributed by atoms with Crippen molar-refractivity contribution < 1.29 is 14.6 Å². The molecule has 0 heterocycles. The van der Waals surface area contributed by atoms with Crippen LogP contribution in [0.1, 0.15) is 17.2 Å². The first-order valence-electron chi connectivity index (χ1n) is 5.26. The van der Waals surface area contributed by atoms with E-state index in [0.717, 1.165) is 11.1 Å². The number of amides is 1. The van der Waals surface area contributed by atoms with E-state index in [2.05, 4.69) is 5.32 Å². The molecular formula is C12H15NO3. The molecule has 16 heavy (non-hydrogen) atoms. The molecule has 0 aliphatic heterocycles. The van der Waals surface area contributed by atoms with Crippen LogP contribution in [-0.2, 0) is 16.0 Å². The minimum absolute atomic E-state index is 0.0192. The molecule has 0 fully saturated rings. The van der Waals surface area contributed by atoms with E-state index in [1.807, 2.05) is 24.3 Å². The third-order valence-electron chi connectivity index (χ3n) is 2.80. The van der Waals surface area contributed by atoms with E-state index in [9.17, 15) is 9.90 Å². The third kappa shape index (κ3) is 2.08. The van der Waals surface area contributed by atoms with Gasteiger partial charge in [-0.3, -0.25) is 4.79 Å². The highest BCUT2D eigenvalue weighted by Crippen LogP contribution is 2.30. The highest BCUT2D eigenvalue weighted by atomic mass is 16.5. The Kier molecular flexibility index (Phi) is 3.22. The lowest BCUT2D eigenvalue weighted by Crippen LogP contribution is -2.35. The van der Waals surface area contributed by atoms with Gasteiger partial charge in [0.1, 0.15) is 6.61 Å². The van der Waals surface area contributed by atoms with Crippen LogP contribution in [-0.4, -0.2) is 30.8 Å². The zero-order valence-corrected chi connectivity index (χ0v) is 9.14. The Hall–Kier alpha value is -1.39. The third-order valence-corrected chi connectivity index (χ3v) is 2.80. The van der Waals surface area contributed by atoms with Gasteiger partial charge in [-0.2, -0.15) is 0 Å². The number of ether oxygens (including phenoxy) is 1. The van der Waals surface area contributed by atoms with Gasteiger partial charge >= 0.3 is 0 Å². The van der Waals surface area contributed by atoms with E-state index in [4.69, 9.17) is 4.74 Å². The van der Waals surface area contributed by atoms with Gasteiger partial charge in [0.05, 0.1) is 12.1 Å². The van der Waals surface area contributed by atoms with E-state index in [-0.39, 0.29) is 18.6 Å². The number of hydrogen-bond donors (Lipinski definition) is 2. The molecule has 0 bridgehead atoms. The van der Waals surface area contributed by atoms with Crippen molar-refractivity contribution in [3.05, 3.63) is 35.4 Å². The number of fused-ring (bicyclic) bond motifs is 1. The van der Waals surface area contributed by atoms with Gasteiger partial charge in [0, 0.05) is 13.5 Å². The van der Waals surface area contributed by atoms with Crippen LogP contribution in [0.4, 0.5) is 0 Å². The minimum atomic E-state index is -0.543. The fourth-order valence-electron chi connectivity index (χ4n) is 2.09. The van der Waals surface area contributed by atoms with Crippen LogP contribution in [0.2, 0.25) is 0 Å². The van der Waals surface area contributed by atoms with Crippen molar-refractivity contribution in [2.45, 2.75) is 18.6 Å². The van der Waals surface area contributed by atoms with Crippen LogP contribution in [0.25, 0.3) is 0 Å². The number of aliphatic hydroxyl groups is 1. The Morgan fingerprint density at radius 3 is 3.06 bits per heavy atom. The highest BCUT2D eigenvalue weighted by Gasteiger charge is 2.31. The van der Waals surface area contributed by atoms with Crippen molar-refractivity contribution in [2.75, 3.05) is 13.7 Å². The van der Waals surface area contributed by atoms with Crippen molar-refractivity contribution in [1.82, 2.24) is 5.32 Å². The molecule has 2 atom stereocenters. The Labute approximate surface area is 94.2 Å². The zero-order valence-electron chi connectivity index (χ0n) is 9.14. The van der Waals surface area contributed by atoms with E-state index in [1.54, 1.807) is 0 Å². The summed E-state index contributed by atoms with van der Waals surface area (Å²) in [6.07, 6.45) is 0.0480. The monoisotopic (exact) mass is 221 g/mol. The molecule has 1 aliphatic rings. The Bertz CT molecular complexity index is 392. The second-order valence-electron chi connectivity index (χ2n) is 3.95. The lowest BCUT2D eigenvalue weighted by molar-refractivity contribution is -0.126. The maximum absolute atomic E-state index is 11.4. The average Bonchev–Trinajstić information content (AvgIpc) is 2.56. The molecule has 0 radical (unpaired) electrons. The summed E-state index contributed by atoms with van der Waals surface area (Å²) >= 11 is 0. The molecule has 1 amide bonds. The van der Waals surface area contributed by atoms with Crippen LogP contribution in [0.3, 0.4) is 0 Å². The lowest BCUT2D eigenvalue weighted by atomic mass is 10.1. The number of nitrogens with one attached hydrogen (secondary N) is 1. The van der Waals surface area contributed by atoms with Crippen LogP contribution in [0.5, 0.6) is 0 Å². The molecular weight excluding hydrogens is 206 g/mol. The largest absolute Gasteiger partial charge is 0.390 e. The number of aliphatic hydroxyl groups excluding tert-OH is 1. The molecule has 0 aromatic heterocycles. The van der Waals surface area contributed by atoms with E-state index in [0.29, 0.717) is 6.42 Å². The second kappa shape index (κ2) is 4.63. The van der Waals surface area contributed by atoms with Gasteiger partial charge < -0.3 is 15.2 Å². The Morgan fingerprint density at radius 2 is 2.31 bits per heavy atom. The number of carbonyl (C=O) groups is 1. The second-order valence-corrected chi connectivity index (χ2v) is 3.95. The van der Waals surface area contributed by atoms with E-state index in [1.165, 1.54) is 7.11 Å². The van der Waals surface area contributed by atoms with Crippen LogP contribution >= 0.6 is 0 Å². The van der Waals surface area contributed by atoms with Crippen molar-refractivity contribution in [3.63, 3.8) is 0 Å². The quantitative estimate of drug-likeness (QED) is 0.777. The number of benzene rings is 1. The maximum atomic E-state index is 11.4. The van der Waals surface area contributed by atoms with Gasteiger partial charge in [0.15, 0.2) is 0 Å². The molecule has 2 N–H and O–H groups in total. The highest BCUT2D eigenvalue weighted by molar-refractivity contribution is 5.78. The Morgan fingerprint density at radius 1 is 1.56 bits per heavy atom. The molecule has 0 unspecified atom stereocenters. The molecule has 0 spiro atoms. The van der Waals surface area contributed by atoms with Crippen LogP contribution in [0, 0.1) is 0 Å². The fraction of sp³-hybridized carbons (Fsp3) is 0.417. The Balaban J connectivity index is 2.13. The standard InChI is InChI=1S/C12H15NO3/c1-16-7-11(15)13-12-9-5-3-2-4-8(9)6-10(12)14/h2-5,10,12,14H,6-7H2,1H3,(H,13,15)/t10-,12-/m0/s1. The molecule has 0 saturated heterocycles. The lowest BCUT2D eigenvalue weighted by Gasteiger charge is -2.17. The molecule has 4 heteroatoms. The van der Waals surface area contributed by atoms with Gasteiger partial charge in [-0.05, 0) is 11.1 Å². The topological polar surface area (TPSA) is 58.6 Å². The van der Waals surface area contributed by atoms with Gasteiger partial charge in [-0.1, -0.05) is 24.3 Å². The summed E-state index contributed by atoms with van der Waals surface area (Å²) in [5, 5.41) is 12.6. The first-order chi connectivity index (χ1) is 7.72. The molecule has 86 valence electrons. The number of carbonyl (C=O) groups excluding carboxylic acids is 1. The maximum Gasteiger partial charge on any atom is 0.246 e. The van der Waals surface area contributed by atoms with Gasteiger partial charge in [0.25, 0.3) is 0 Å². The fourth-order valence-corrected chi connectivity index (χ4v) is 2.09. The van der Waals surface area contributed by atoms with Crippen molar-refractivity contribution >= 4 is 5.91 Å². The molecule has 1 aliphatic carbocycles. The first kappa shape index (κ1) is 11.1. The average molecular weight is 221 g/mol. The van der Waals surface area contributed by atoms with Crippen LogP contribution in [0.15, 0.2) is 24.3 Å². The predicted octanol–water partition coefficient (Wildman–Crippen LogP) is 0.407. The van der Waals surface area contributed by atoms with Gasteiger partial charge in [-0.25, -0.2) is 0 Å². The van der Waals surface area contributed by atoms with Gasteiger partial charge in [0.2, 0.25) is 5.91 Å². The summed E-state index contributed by atoms with van der Waals surface area (Å²) in [5.74, 6) is -0.205. The number of methoxy groups -OCH3 is 1. The molecule has 1 aromatic rings. The smallest absolute Gasteiger partial charge is 0.246 e. The number of hydrogen-bond acceptors (Lipinski definition) is 3. The van der Waals surface area contributed by atoms with Gasteiger partial charge in [-0.15, -0.1) is 0 Å². The normalized spacial score (nSPS) is 22.9. The van der Waals surface area contributed by atoms with Crippen molar-refractivity contribution in [2.24, 2.45) is 0 Å². The summed E-state index contributed by atoms with van der Waals surface area (Å²) in [6.45, 7) is 0.0192. The van der Waals surface area contributed by atoms with Crippen molar-refractivity contribution in [1.29, 1.82) is 0 Å². The van der Waals surface area contributed by atoms with E-state index >= 15 is 0 Å². The van der Waals surface area contributed by atoms with Crippen molar-refractivity contribution in [3.8, 4) is 0 Å². The zero-order chi connectivity index (χ0) is 11.5. The number of rotatable bonds is 3. The first-order valence-corrected chi connectivity index (χ1v) is 5.26. The summed E-state index contributed by atoms with van der Waals surface area (Å²) in [5.41, 5.74) is 2.09. The summed E-state index contributed by atoms with van der Waals surface area (Å²) in [6, 6.07) is 7.44. The molecule has 0 saturated carbocycles. The summed E-state index contributed by atoms with van der Waals surface area (Å²) < 4.78 is 4.74. The summed E-state index contributed by atoms with van der Waals surface area (Å²) in [4.78, 5) is 11.4.